The number of hydrogen-bond acceptors (Lipinski definition) is 5. The molecule has 0 aromatic heterocycles. The van der Waals surface area contributed by atoms with Gasteiger partial charge in [0.25, 0.3) is 0 Å². The molecule has 2 aliphatic rings. The Kier molecular flexibility index (Phi) is 8.98. The minimum Gasteiger partial charge on any atom is -0.492 e. The second kappa shape index (κ2) is 12.2. The Bertz CT molecular complexity index is 1150. The summed E-state index contributed by atoms with van der Waals surface area (Å²) in [5, 5.41) is 0. The molecular formula is C30H38F2N2O3. The molecule has 0 spiro atoms. The second-order valence-corrected chi connectivity index (χ2v) is 10.1. The number of alkyl halides is 1. The van der Waals surface area contributed by atoms with E-state index in [1.807, 2.05) is 18.9 Å². The Balaban J connectivity index is 1.68. The van der Waals surface area contributed by atoms with Crippen molar-refractivity contribution in [2.45, 2.75) is 51.6 Å². The molecular weight excluding hydrogens is 474 g/mol. The van der Waals surface area contributed by atoms with Crippen LogP contribution >= 0.6 is 0 Å². The number of benzene rings is 2. The number of carbonyl (C=O) groups is 1. The maximum Gasteiger partial charge on any atom is 0.306 e. The first-order chi connectivity index (χ1) is 17.8. The van der Waals surface area contributed by atoms with Crippen molar-refractivity contribution in [3.8, 4) is 5.75 Å². The number of likely N-dealkylation sites (N-methyl/N-ethyl adjacent to an activating group) is 1. The van der Waals surface area contributed by atoms with E-state index in [1.165, 1.54) is 35.4 Å². The van der Waals surface area contributed by atoms with Crippen LogP contribution in [0.4, 0.5) is 8.78 Å². The minimum absolute atomic E-state index is 0.118. The highest BCUT2D eigenvalue weighted by Crippen LogP contribution is 2.50. The quantitative estimate of drug-likeness (QED) is 0.371. The predicted molar refractivity (Wildman–Crippen MR) is 142 cm³/mol. The number of fused-ring (bicyclic) bond motifs is 2. The van der Waals surface area contributed by atoms with Crippen molar-refractivity contribution in [3.63, 3.8) is 0 Å². The average Bonchev–Trinajstić information content (AvgIpc) is 3.26. The summed E-state index contributed by atoms with van der Waals surface area (Å²) < 4.78 is 39.2. The van der Waals surface area contributed by atoms with Gasteiger partial charge in [0.2, 0.25) is 0 Å². The van der Waals surface area contributed by atoms with Crippen molar-refractivity contribution in [3.05, 3.63) is 70.0 Å². The first-order valence-corrected chi connectivity index (χ1v) is 13.1. The summed E-state index contributed by atoms with van der Waals surface area (Å²) in [7, 11) is 3.34. The maximum absolute atomic E-state index is 15.7. The monoisotopic (exact) mass is 512 g/mol. The van der Waals surface area contributed by atoms with E-state index in [0.29, 0.717) is 44.0 Å². The topological polar surface area (TPSA) is 42.0 Å². The van der Waals surface area contributed by atoms with Gasteiger partial charge in [0.05, 0.1) is 26.2 Å². The predicted octanol–water partition coefficient (Wildman–Crippen LogP) is 5.51. The molecule has 0 amide bonds. The van der Waals surface area contributed by atoms with Gasteiger partial charge >= 0.3 is 5.97 Å². The molecule has 5 nitrogen and oxygen atoms in total. The number of halogens is 2. The van der Waals surface area contributed by atoms with Crippen molar-refractivity contribution in [1.29, 1.82) is 0 Å². The molecule has 37 heavy (non-hydrogen) atoms. The first kappa shape index (κ1) is 27.3. The fourth-order valence-corrected chi connectivity index (χ4v) is 5.76. The van der Waals surface area contributed by atoms with E-state index < -0.39 is 0 Å². The Morgan fingerprint density at radius 2 is 1.97 bits per heavy atom. The maximum atomic E-state index is 15.7. The lowest BCUT2D eigenvalue weighted by atomic mass is 9.83. The second-order valence-electron chi connectivity index (χ2n) is 10.1. The molecule has 2 aromatic carbocycles. The Morgan fingerprint density at radius 1 is 1.19 bits per heavy atom. The molecule has 0 saturated carbocycles. The van der Waals surface area contributed by atoms with Crippen molar-refractivity contribution in [1.82, 2.24) is 9.80 Å². The lowest BCUT2D eigenvalue weighted by Crippen LogP contribution is -2.42. The van der Waals surface area contributed by atoms with Crippen molar-refractivity contribution < 1.29 is 23.0 Å². The van der Waals surface area contributed by atoms with Gasteiger partial charge in [-0.25, -0.2) is 4.39 Å². The van der Waals surface area contributed by atoms with Crippen LogP contribution in [0.5, 0.6) is 5.75 Å². The summed E-state index contributed by atoms with van der Waals surface area (Å²) in [6.07, 6.45) is 2.36. The number of hydrogen-bond donors (Lipinski definition) is 0. The van der Waals surface area contributed by atoms with Crippen molar-refractivity contribution in [2.24, 2.45) is 0 Å². The van der Waals surface area contributed by atoms with Gasteiger partial charge in [-0.2, -0.15) is 0 Å². The van der Waals surface area contributed by atoms with E-state index in [-0.39, 0.29) is 37.0 Å². The van der Waals surface area contributed by atoms with E-state index >= 15 is 4.39 Å². The van der Waals surface area contributed by atoms with Gasteiger partial charge < -0.3 is 14.4 Å². The van der Waals surface area contributed by atoms with Gasteiger partial charge in [0, 0.05) is 31.2 Å². The molecule has 1 heterocycles. The molecule has 7 heteroatoms. The molecule has 2 aromatic rings. The molecule has 0 fully saturated rings. The van der Waals surface area contributed by atoms with Gasteiger partial charge in [-0.3, -0.25) is 14.1 Å². The zero-order chi connectivity index (χ0) is 26.5. The summed E-state index contributed by atoms with van der Waals surface area (Å²) in [6.45, 7) is 5.97. The largest absolute Gasteiger partial charge is 0.492 e. The first-order valence-electron chi connectivity index (χ1n) is 13.1. The molecule has 0 bridgehead atoms. The zero-order valence-corrected chi connectivity index (χ0v) is 22.4. The smallest absolute Gasteiger partial charge is 0.306 e. The zero-order valence-electron chi connectivity index (χ0n) is 22.4. The Hall–Kier alpha value is -2.77. The normalized spacial score (nSPS) is 19.2. The standard InChI is InChI=1S/C30H38F2N2O3/c1-20-18-24-23-9-6-5-8-22(23)19-25(24)30(34(20)15-12-28(35)36-4)29-21(2)27(11-10-26(29)32)37-17-16-33(3)14-7-13-31/h5-6,8-11,20,30H,7,12-19H2,1-4H3/t20-,30+/m1/s1. The van der Waals surface area contributed by atoms with Crippen LogP contribution in [0.1, 0.15) is 54.5 Å². The number of carbonyl (C=O) groups excluding carboxylic acids is 1. The van der Waals surface area contributed by atoms with Crippen LogP contribution < -0.4 is 4.74 Å². The SMILES string of the molecule is COC(=O)CCN1[C@H](C)CC2=C(Cc3ccccc32)[C@H]1c1c(F)ccc(OCCN(C)CCCF)c1C. The van der Waals surface area contributed by atoms with E-state index in [1.54, 1.807) is 6.07 Å². The Labute approximate surface area is 219 Å². The number of methoxy groups -OCH3 is 1. The van der Waals surface area contributed by atoms with Gasteiger partial charge in [0.1, 0.15) is 18.2 Å². The minimum atomic E-state index is -0.334. The van der Waals surface area contributed by atoms with Gasteiger partial charge in [-0.05, 0) is 80.1 Å². The molecule has 2 atom stereocenters. The van der Waals surface area contributed by atoms with E-state index in [9.17, 15) is 9.18 Å². The highest BCUT2D eigenvalue weighted by molar-refractivity contribution is 5.79. The molecule has 4 rings (SSSR count). The van der Waals surface area contributed by atoms with E-state index in [4.69, 9.17) is 9.47 Å². The third kappa shape index (κ3) is 5.88. The van der Waals surface area contributed by atoms with Crippen molar-refractivity contribution in [2.75, 3.05) is 47.1 Å². The molecule has 0 unspecified atom stereocenters. The van der Waals surface area contributed by atoms with Crippen LogP contribution in [0.2, 0.25) is 0 Å². The van der Waals surface area contributed by atoms with Gasteiger partial charge in [-0.1, -0.05) is 24.3 Å². The van der Waals surface area contributed by atoms with Crippen LogP contribution in [0.3, 0.4) is 0 Å². The Morgan fingerprint density at radius 3 is 2.73 bits per heavy atom. The third-order valence-electron chi connectivity index (χ3n) is 7.73. The highest BCUT2D eigenvalue weighted by Gasteiger charge is 2.40. The molecule has 0 radical (unpaired) electrons. The van der Waals surface area contributed by atoms with Crippen LogP contribution in [0.25, 0.3) is 5.57 Å². The third-order valence-corrected chi connectivity index (χ3v) is 7.73. The number of ether oxygens (including phenoxy) is 2. The van der Waals surface area contributed by atoms with E-state index in [0.717, 1.165) is 18.4 Å². The lowest BCUT2D eigenvalue weighted by Gasteiger charge is -2.43. The van der Waals surface area contributed by atoms with Crippen LogP contribution in [-0.4, -0.2) is 68.9 Å². The summed E-state index contributed by atoms with van der Waals surface area (Å²) in [6, 6.07) is 11.4. The van der Waals surface area contributed by atoms with Crippen LogP contribution in [0, 0.1) is 12.7 Å². The van der Waals surface area contributed by atoms with E-state index in [2.05, 4.69) is 36.1 Å². The highest BCUT2D eigenvalue weighted by atomic mass is 19.1. The summed E-state index contributed by atoms with van der Waals surface area (Å²) >= 11 is 0. The molecule has 200 valence electrons. The number of nitrogens with zero attached hydrogens (tertiary/aromatic N) is 2. The molecule has 0 N–H and O–H groups in total. The van der Waals surface area contributed by atoms with Gasteiger partial charge in [0.15, 0.2) is 0 Å². The molecule has 1 aliphatic carbocycles. The molecule has 1 aliphatic heterocycles. The van der Waals surface area contributed by atoms with Crippen molar-refractivity contribution >= 4 is 11.5 Å². The van der Waals surface area contributed by atoms with Crippen LogP contribution in [-0.2, 0) is 16.0 Å². The molecule has 0 saturated heterocycles. The summed E-state index contributed by atoms with van der Waals surface area (Å²) in [5.74, 6) is 0.112. The summed E-state index contributed by atoms with van der Waals surface area (Å²) in [5.41, 5.74) is 6.40. The summed E-state index contributed by atoms with van der Waals surface area (Å²) in [4.78, 5) is 16.3. The fraction of sp³-hybridized carbons (Fsp3) is 0.500. The van der Waals surface area contributed by atoms with Crippen LogP contribution in [0.15, 0.2) is 42.0 Å². The number of esters is 1. The average molecular weight is 513 g/mol. The van der Waals surface area contributed by atoms with Gasteiger partial charge in [-0.15, -0.1) is 0 Å². The lowest BCUT2D eigenvalue weighted by molar-refractivity contribution is -0.141. The fourth-order valence-electron chi connectivity index (χ4n) is 5.76. The number of rotatable bonds is 11.